The van der Waals surface area contributed by atoms with Gasteiger partial charge in [0.1, 0.15) is 13.1 Å². The molecule has 1 aliphatic rings. The van der Waals surface area contributed by atoms with Gasteiger partial charge in [0.2, 0.25) is 0 Å². The fourth-order valence-electron chi connectivity index (χ4n) is 1.85. The van der Waals surface area contributed by atoms with E-state index in [0.29, 0.717) is 19.4 Å². The number of aliphatic hydroxyl groups excluding tert-OH is 1. The number of carboxylic acid groups (broad SMARTS) is 2. The largest absolute Gasteiger partial charge is 0.480 e. The summed E-state index contributed by atoms with van der Waals surface area (Å²) in [5.41, 5.74) is 0. The van der Waals surface area contributed by atoms with E-state index < -0.39 is 37.2 Å². The van der Waals surface area contributed by atoms with Crippen molar-refractivity contribution < 1.29 is 29.7 Å². The lowest BCUT2D eigenvalue weighted by Gasteiger charge is -2.33. The van der Waals surface area contributed by atoms with Crippen molar-refractivity contribution in [2.24, 2.45) is 0 Å². The Bertz CT molecular complexity index is 329. The van der Waals surface area contributed by atoms with E-state index in [1.54, 1.807) is 0 Å². The number of carbonyl (C=O) groups is 3. The second-order valence-corrected chi connectivity index (χ2v) is 4.17. The molecule has 1 saturated heterocycles. The Morgan fingerprint density at radius 2 is 1.72 bits per heavy atom. The van der Waals surface area contributed by atoms with Crippen molar-refractivity contribution in [3.63, 3.8) is 0 Å². The van der Waals surface area contributed by atoms with E-state index in [2.05, 4.69) is 0 Å². The number of β-amino-alcohol motifs (C(OH)–C–C–N with tert-alkyl or cyclic N) is 1. The number of carboxylic acids is 2. The van der Waals surface area contributed by atoms with Crippen molar-refractivity contribution in [2.75, 3.05) is 26.2 Å². The van der Waals surface area contributed by atoms with Crippen molar-refractivity contribution in [3.8, 4) is 0 Å². The molecule has 0 radical (unpaired) electrons. The topological polar surface area (TPSA) is 118 Å². The van der Waals surface area contributed by atoms with Gasteiger partial charge in [0.25, 0.3) is 0 Å². The van der Waals surface area contributed by atoms with Crippen LogP contribution in [0.25, 0.3) is 0 Å². The van der Waals surface area contributed by atoms with Crippen LogP contribution in [0.2, 0.25) is 0 Å². The summed E-state index contributed by atoms with van der Waals surface area (Å²) in [6, 6.07) is -0.668. The minimum Gasteiger partial charge on any atom is -0.480 e. The molecule has 3 N–H and O–H groups in total. The highest BCUT2D eigenvalue weighted by Crippen LogP contribution is 2.12. The van der Waals surface area contributed by atoms with Crippen molar-refractivity contribution in [2.45, 2.75) is 18.9 Å². The number of hydrogen-bond acceptors (Lipinski definition) is 4. The molecular formula is C10H16N2O6. The van der Waals surface area contributed by atoms with E-state index >= 15 is 0 Å². The number of aliphatic hydroxyl groups is 1. The molecule has 1 rings (SSSR count). The van der Waals surface area contributed by atoms with Crippen LogP contribution in [-0.2, 0) is 9.59 Å². The Hall–Kier alpha value is -1.83. The zero-order valence-electron chi connectivity index (χ0n) is 9.78. The van der Waals surface area contributed by atoms with Crippen LogP contribution in [0, 0.1) is 0 Å². The molecule has 0 spiro atoms. The van der Waals surface area contributed by atoms with Crippen molar-refractivity contribution in [3.05, 3.63) is 0 Å². The van der Waals surface area contributed by atoms with Crippen LogP contribution >= 0.6 is 0 Å². The Labute approximate surface area is 103 Å². The molecule has 0 aromatic rings. The first-order valence-electron chi connectivity index (χ1n) is 5.55. The number of amides is 2. The van der Waals surface area contributed by atoms with E-state index in [1.165, 1.54) is 4.90 Å². The molecule has 1 fully saturated rings. The fourth-order valence-corrected chi connectivity index (χ4v) is 1.85. The van der Waals surface area contributed by atoms with Crippen LogP contribution in [0.1, 0.15) is 12.8 Å². The van der Waals surface area contributed by atoms with Crippen molar-refractivity contribution >= 4 is 18.0 Å². The standard InChI is InChI=1S/C10H16N2O6/c13-7-2-1-3-11(4-7)10(18)12(5-8(14)15)6-9(16)17/h7,13H,1-6H2,(H,14,15)(H,16,17). The Balaban J connectivity index is 2.67. The van der Waals surface area contributed by atoms with E-state index in [0.717, 1.165) is 4.90 Å². The van der Waals surface area contributed by atoms with Gasteiger partial charge in [-0.05, 0) is 12.8 Å². The maximum absolute atomic E-state index is 11.9. The van der Waals surface area contributed by atoms with Gasteiger partial charge >= 0.3 is 18.0 Å². The Kier molecular flexibility index (Phi) is 4.90. The smallest absolute Gasteiger partial charge is 0.323 e. The van der Waals surface area contributed by atoms with Gasteiger partial charge in [-0.2, -0.15) is 0 Å². The fraction of sp³-hybridized carbons (Fsp3) is 0.700. The van der Waals surface area contributed by atoms with Crippen LogP contribution in [0.5, 0.6) is 0 Å². The number of hydrogen-bond donors (Lipinski definition) is 3. The molecule has 1 aliphatic heterocycles. The van der Waals surface area contributed by atoms with Gasteiger partial charge in [-0.25, -0.2) is 4.79 Å². The zero-order valence-corrected chi connectivity index (χ0v) is 9.78. The van der Waals surface area contributed by atoms with Gasteiger partial charge in [-0.1, -0.05) is 0 Å². The van der Waals surface area contributed by atoms with Gasteiger partial charge in [0.05, 0.1) is 6.10 Å². The number of nitrogens with zero attached hydrogens (tertiary/aromatic N) is 2. The Morgan fingerprint density at radius 1 is 1.17 bits per heavy atom. The van der Waals surface area contributed by atoms with Gasteiger partial charge < -0.3 is 25.1 Å². The number of piperidine rings is 1. The second kappa shape index (κ2) is 6.20. The third-order valence-corrected chi connectivity index (χ3v) is 2.59. The van der Waals surface area contributed by atoms with Gasteiger partial charge in [-0.3, -0.25) is 9.59 Å². The molecule has 1 atom stereocenters. The molecule has 1 heterocycles. The van der Waals surface area contributed by atoms with Crippen LogP contribution in [0.4, 0.5) is 4.79 Å². The molecule has 1 unspecified atom stereocenters. The molecule has 0 saturated carbocycles. The van der Waals surface area contributed by atoms with Crippen LogP contribution in [0.15, 0.2) is 0 Å². The van der Waals surface area contributed by atoms with E-state index in [4.69, 9.17) is 10.2 Å². The maximum atomic E-state index is 11.9. The van der Waals surface area contributed by atoms with Crippen molar-refractivity contribution in [1.82, 2.24) is 9.80 Å². The highest BCUT2D eigenvalue weighted by atomic mass is 16.4. The molecule has 0 aliphatic carbocycles. The van der Waals surface area contributed by atoms with Crippen LogP contribution in [0.3, 0.4) is 0 Å². The predicted molar refractivity (Wildman–Crippen MR) is 59.1 cm³/mol. The summed E-state index contributed by atoms with van der Waals surface area (Å²) in [4.78, 5) is 35.1. The number of rotatable bonds is 4. The molecule has 18 heavy (non-hydrogen) atoms. The third kappa shape index (κ3) is 4.21. The van der Waals surface area contributed by atoms with Crippen LogP contribution in [-0.4, -0.2) is 75.4 Å². The quantitative estimate of drug-likeness (QED) is 0.598. The van der Waals surface area contributed by atoms with Crippen LogP contribution < -0.4 is 0 Å². The van der Waals surface area contributed by atoms with Gasteiger partial charge in [0.15, 0.2) is 0 Å². The first kappa shape index (κ1) is 14.2. The summed E-state index contributed by atoms with van der Waals surface area (Å²) in [5, 5.41) is 26.7. The predicted octanol–water partition coefficient (Wildman–Crippen LogP) is -0.966. The number of aliphatic carboxylic acids is 2. The SMILES string of the molecule is O=C(O)CN(CC(=O)O)C(=O)N1CCCC(O)C1. The third-order valence-electron chi connectivity index (χ3n) is 2.59. The highest BCUT2D eigenvalue weighted by molar-refractivity contribution is 5.84. The summed E-state index contributed by atoms with van der Waals surface area (Å²) in [5.74, 6) is -2.55. The van der Waals surface area contributed by atoms with Gasteiger partial charge in [0, 0.05) is 13.1 Å². The second-order valence-electron chi connectivity index (χ2n) is 4.17. The van der Waals surface area contributed by atoms with Gasteiger partial charge in [-0.15, -0.1) is 0 Å². The van der Waals surface area contributed by atoms with Crippen molar-refractivity contribution in [1.29, 1.82) is 0 Å². The Morgan fingerprint density at radius 3 is 2.17 bits per heavy atom. The normalized spacial score (nSPS) is 19.4. The maximum Gasteiger partial charge on any atom is 0.323 e. The number of carbonyl (C=O) groups excluding carboxylic acids is 1. The van der Waals surface area contributed by atoms with E-state index in [1.807, 2.05) is 0 Å². The molecule has 0 aromatic heterocycles. The molecule has 0 bridgehead atoms. The highest BCUT2D eigenvalue weighted by Gasteiger charge is 2.28. The summed E-state index contributed by atoms with van der Waals surface area (Å²) in [6.07, 6.45) is 0.557. The molecule has 2 amide bonds. The average Bonchev–Trinajstić information content (AvgIpc) is 2.26. The molecular weight excluding hydrogens is 244 g/mol. The zero-order chi connectivity index (χ0) is 13.7. The first-order valence-corrected chi connectivity index (χ1v) is 5.55. The minimum absolute atomic E-state index is 0.106. The van der Waals surface area contributed by atoms with E-state index in [-0.39, 0.29) is 6.54 Å². The summed E-state index contributed by atoms with van der Waals surface area (Å²) in [7, 11) is 0. The summed E-state index contributed by atoms with van der Waals surface area (Å²) >= 11 is 0. The summed E-state index contributed by atoms with van der Waals surface area (Å²) in [6.45, 7) is -0.838. The number of likely N-dealkylation sites (tertiary alicyclic amines) is 1. The lowest BCUT2D eigenvalue weighted by Crippen LogP contribution is -2.51. The lowest BCUT2D eigenvalue weighted by atomic mass is 10.1. The molecule has 8 nitrogen and oxygen atoms in total. The number of urea groups is 1. The molecule has 102 valence electrons. The monoisotopic (exact) mass is 260 g/mol. The summed E-state index contributed by atoms with van der Waals surface area (Å²) < 4.78 is 0. The average molecular weight is 260 g/mol. The minimum atomic E-state index is -1.28. The molecule has 8 heteroatoms. The van der Waals surface area contributed by atoms with E-state index in [9.17, 15) is 19.5 Å². The molecule has 0 aromatic carbocycles. The first-order chi connectivity index (χ1) is 8.40. The lowest BCUT2D eigenvalue weighted by molar-refractivity contribution is -0.140.